The van der Waals surface area contributed by atoms with E-state index >= 15 is 0 Å². The number of ether oxygens (including phenoxy) is 1. The number of likely N-dealkylation sites (tertiary alicyclic amines) is 1. The van der Waals surface area contributed by atoms with Gasteiger partial charge in [-0.2, -0.15) is 0 Å². The lowest BCUT2D eigenvalue weighted by Crippen LogP contribution is -2.45. The summed E-state index contributed by atoms with van der Waals surface area (Å²) < 4.78 is 5.88. The van der Waals surface area contributed by atoms with Crippen LogP contribution in [0.2, 0.25) is 5.02 Å². The standard InChI is InChI=1S/C20H24ClN3O2/c1-2-24-13-11-15(12-14-24)22-20(25)23-17-8-4-6-10-19(17)26-18-9-5-3-7-16(18)21/h3-10,15H,2,11-14H2,1H3,(H2,22,23,25). The van der Waals surface area contributed by atoms with Gasteiger partial charge in [-0.3, -0.25) is 0 Å². The summed E-state index contributed by atoms with van der Waals surface area (Å²) in [6, 6.07) is 14.6. The Morgan fingerprint density at radius 3 is 2.46 bits per heavy atom. The van der Waals surface area contributed by atoms with Crippen molar-refractivity contribution in [2.24, 2.45) is 0 Å². The molecular formula is C20H24ClN3O2. The number of carbonyl (C=O) groups excluding carboxylic acids is 1. The van der Waals surface area contributed by atoms with E-state index < -0.39 is 0 Å². The minimum Gasteiger partial charge on any atom is -0.454 e. The first-order valence-corrected chi connectivity index (χ1v) is 9.34. The summed E-state index contributed by atoms with van der Waals surface area (Å²) in [5.41, 5.74) is 0.607. The van der Waals surface area contributed by atoms with Gasteiger partial charge in [-0.15, -0.1) is 0 Å². The van der Waals surface area contributed by atoms with Crippen LogP contribution in [-0.2, 0) is 0 Å². The van der Waals surface area contributed by atoms with Crippen LogP contribution in [-0.4, -0.2) is 36.6 Å². The van der Waals surface area contributed by atoms with Crippen LogP contribution >= 0.6 is 11.6 Å². The number of anilines is 1. The molecule has 1 aliphatic heterocycles. The molecule has 138 valence electrons. The van der Waals surface area contributed by atoms with Gasteiger partial charge in [-0.25, -0.2) is 4.79 Å². The molecule has 3 rings (SSSR count). The first-order valence-electron chi connectivity index (χ1n) is 8.97. The summed E-state index contributed by atoms with van der Waals surface area (Å²) in [6.45, 7) is 5.27. The molecule has 1 heterocycles. The number of urea groups is 1. The molecule has 2 N–H and O–H groups in total. The first kappa shape index (κ1) is 18.5. The number of para-hydroxylation sites is 3. The largest absolute Gasteiger partial charge is 0.454 e. The van der Waals surface area contributed by atoms with Crippen LogP contribution in [0.4, 0.5) is 10.5 Å². The molecule has 1 saturated heterocycles. The van der Waals surface area contributed by atoms with Gasteiger partial charge in [0.2, 0.25) is 0 Å². The second kappa shape index (κ2) is 8.92. The highest BCUT2D eigenvalue weighted by atomic mass is 35.5. The SMILES string of the molecule is CCN1CCC(NC(=O)Nc2ccccc2Oc2ccccc2Cl)CC1. The average Bonchev–Trinajstić information content (AvgIpc) is 2.66. The van der Waals surface area contributed by atoms with E-state index in [9.17, 15) is 4.79 Å². The minimum atomic E-state index is -0.213. The summed E-state index contributed by atoms with van der Waals surface area (Å²) in [4.78, 5) is 14.8. The quantitative estimate of drug-likeness (QED) is 0.796. The van der Waals surface area contributed by atoms with Crippen molar-refractivity contribution in [3.8, 4) is 11.5 Å². The highest BCUT2D eigenvalue weighted by Crippen LogP contribution is 2.33. The van der Waals surface area contributed by atoms with E-state index in [0.717, 1.165) is 32.5 Å². The van der Waals surface area contributed by atoms with Gasteiger partial charge in [-0.05, 0) is 43.7 Å². The maximum Gasteiger partial charge on any atom is 0.319 e. The van der Waals surface area contributed by atoms with E-state index in [-0.39, 0.29) is 12.1 Å². The summed E-state index contributed by atoms with van der Waals surface area (Å²) in [5, 5.41) is 6.47. The fourth-order valence-electron chi connectivity index (χ4n) is 3.04. The van der Waals surface area contributed by atoms with Crippen LogP contribution in [0.5, 0.6) is 11.5 Å². The van der Waals surface area contributed by atoms with Crippen molar-refractivity contribution >= 4 is 23.3 Å². The predicted molar refractivity (Wildman–Crippen MR) is 105 cm³/mol. The topological polar surface area (TPSA) is 53.6 Å². The second-order valence-corrected chi connectivity index (χ2v) is 6.74. The van der Waals surface area contributed by atoms with Crippen molar-refractivity contribution in [2.45, 2.75) is 25.8 Å². The molecule has 1 aliphatic rings. The van der Waals surface area contributed by atoms with E-state index in [2.05, 4.69) is 22.5 Å². The molecule has 2 aromatic carbocycles. The first-order chi connectivity index (χ1) is 12.7. The van der Waals surface area contributed by atoms with Gasteiger partial charge < -0.3 is 20.3 Å². The molecular weight excluding hydrogens is 350 g/mol. The van der Waals surface area contributed by atoms with Gasteiger partial charge in [0.1, 0.15) is 5.75 Å². The van der Waals surface area contributed by atoms with Gasteiger partial charge >= 0.3 is 6.03 Å². The smallest absolute Gasteiger partial charge is 0.319 e. The number of amides is 2. The van der Waals surface area contributed by atoms with E-state index in [1.807, 2.05) is 30.3 Å². The molecule has 5 nitrogen and oxygen atoms in total. The van der Waals surface area contributed by atoms with Crippen LogP contribution in [0, 0.1) is 0 Å². The maximum absolute atomic E-state index is 12.4. The van der Waals surface area contributed by atoms with Crippen molar-refractivity contribution in [3.05, 3.63) is 53.6 Å². The zero-order chi connectivity index (χ0) is 18.4. The summed E-state index contributed by atoms with van der Waals surface area (Å²) in [6.07, 6.45) is 1.94. The summed E-state index contributed by atoms with van der Waals surface area (Å²) in [5.74, 6) is 1.10. The number of benzene rings is 2. The lowest BCUT2D eigenvalue weighted by molar-refractivity contribution is 0.203. The number of piperidine rings is 1. The normalized spacial score (nSPS) is 15.5. The number of nitrogens with one attached hydrogen (secondary N) is 2. The fourth-order valence-corrected chi connectivity index (χ4v) is 3.22. The Labute approximate surface area is 159 Å². The van der Waals surface area contributed by atoms with Crippen molar-refractivity contribution < 1.29 is 9.53 Å². The van der Waals surface area contributed by atoms with Crippen LogP contribution in [0.25, 0.3) is 0 Å². The van der Waals surface area contributed by atoms with Crippen LogP contribution in [0.15, 0.2) is 48.5 Å². The van der Waals surface area contributed by atoms with Crippen molar-refractivity contribution in [1.82, 2.24) is 10.2 Å². The number of carbonyl (C=O) groups is 1. The number of hydrogen-bond acceptors (Lipinski definition) is 3. The minimum absolute atomic E-state index is 0.203. The molecule has 2 aromatic rings. The molecule has 0 radical (unpaired) electrons. The molecule has 2 amide bonds. The third kappa shape index (κ3) is 4.90. The monoisotopic (exact) mass is 373 g/mol. The second-order valence-electron chi connectivity index (χ2n) is 6.34. The number of halogens is 1. The molecule has 26 heavy (non-hydrogen) atoms. The number of nitrogens with zero attached hydrogens (tertiary/aromatic N) is 1. The fraction of sp³-hybridized carbons (Fsp3) is 0.350. The van der Waals surface area contributed by atoms with Crippen molar-refractivity contribution in [2.75, 3.05) is 25.0 Å². The Morgan fingerprint density at radius 2 is 1.77 bits per heavy atom. The zero-order valence-electron chi connectivity index (χ0n) is 14.9. The highest BCUT2D eigenvalue weighted by Gasteiger charge is 2.20. The van der Waals surface area contributed by atoms with Gasteiger partial charge in [0.25, 0.3) is 0 Å². The molecule has 6 heteroatoms. The Kier molecular flexibility index (Phi) is 6.36. The Hall–Kier alpha value is -2.24. The van der Waals surface area contributed by atoms with Gasteiger partial charge in [-0.1, -0.05) is 42.8 Å². The molecule has 0 aromatic heterocycles. The highest BCUT2D eigenvalue weighted by molar-refractivity contribution is 6.32. The maximum atomic E-state index is 12.4. The molecule has 1 fully saturated rings. The lowest BCUT2D eigenvalue weighted by atomic mass is 10.1. The van der Waals surface area contributed by atoms with Gasteiger partial charge in [0.15, 0.2) is 5.75 Å². The Balaban J connectivity index is 1.61. The lowest BCUT2D eigenvalue weighted by Gasteiger charge is -2.31. The molecule has 0 atom stereocenters. The number of rotatable bonds is 5. The molecule has 0 unspecified atom stereocenters. The van der Waals surface area contributed by atoms with E-state index in [1.165, 1.54) is 0 Å². The van der Waals surface area contributed by atoms with Gasteiger partial charge in [0.05, 0.1) is 10.7 Å². The summed E-state index contributed by atoms with van der Waals surface area (Å²) in [7, 11) is 0. The predicted octanol–water partition coefficient (Wildman–Crippen LogP) is 4.74. The molecule has 0 saturated carbocycles. The molecule has 0 aliphatic carbocycles. The Bertz CT molecular complexity index is 745. The van der Waals surface area contributed by atoms with E-state index in [1.54, 1.807) is 18.2 Å². The van der Waals surface area contributed by atoms with Crippen LogP contribution in [0.3, 0.4) is 0 Å². The third-order valence-electron chi connectivity index (χ3n) is 4.56. The zero-order valence-corrected chi connectivity index (χ0v) is 15.6. The summed E-state index contributed by atoms with van der Waals surface area (Å²) >= 11 is 6.16. The van der Waals surface area contributed by atoms with Crippen molar-refractivity contribution in [3.63, 3.8) is 0 Å². The van der Waals surface area contributed by atoms with E-state index in [4.69, 9.17) is 16.3 Å². The average molecular weight is 374 g/mol. The van der Waals surface area contributed by atoms with E-state index in [0.29, 0.717) is 22.2 Å². The number of hydrogen-bond donors (Lipinski definition) is 2. The molecule has 0 bridgehead atoms. The van der Waals surface area contributed by atoms with Gasteiger partial charge in [0, 0.05) is 19.1 Å². The van der Waals surface area contributed by atoms with Crippen LogP contribution in [0.1, 0.15) is 19.8 Å². The van der Waals surface area contributed by atoms with Crippen molar-refractivity contribution in [1.29, 1.82) is 0 Å². The van der Waals surface area contributed by atoms with Crippen LogP contribution < -0.4 is 15.4 Å². The third-order valence-corrected chi connectivity index (χ3v) is 4.87. The molecule has 0 spiro atoms. The Morgan fingerprint density at radius 1 is 1.12 bits per heavy atom.